The van der Waals surface area contributed by atoms with Gasteiger partial charge in [0.2, 0.25) is 0 Å². The van der Waals surface area contributed by atoms with Crippen LogP contribution in [-0.2, 0) is 0 Å². The molecule has 5 rings (SSSR count). The first-order valence-corrected chi connectivity index (χ1v) is 9.16. The molecular formula is C23H14FN3O3. The zero-order chi connectivity index (χ0) is 20.7. The molecule has 0 aliphatic rings. The Labute approximate surface area is 169 Å². The third-order valence-electron chi connectivity index (χ3n) is 4.84. The number of aromatic amines is 1. The lowest BCUT2D eigenvalue weighted by Gasteiger charge is -2.07. The Balaban J connectivity index is 1.42. The largest absolute Gasteiger partial charge is 0.423 e. The number of rotatable bonds is 2. The molecule has 7 heteroatoms. The molecule has 5 aromatic rings. The van der Waals surface area contributed by atoms with Gasteiger partial charge in [0.25, 0.3) is 5.56 Å². The fourth-order valence-electron chi connectivity index (χ4n) is 3.39. The summed E-state index contributed by atoms with van der Waals surface area (Å²) in [5.41, 5.74) is 1.14. The van der Waals surface area contributed by atoms with Crippen molar-refractivity contribution in [2.24, 2.45) is 0 Å². The molecule has 30 heavy (non-hydrogen) atoms. The Bertz CT molecular complexity index is 1470. The van der Waals surface area contributed by atoms with Gasteiger partial charge in [-0.2, -0.15) is 5.10 Å². The zero-order valence-corrected chi connectivity index (χ0v) is 15.5. The molecule has 0 fully saturated rings. The van der Waals surface area contributed by atoms with E-state index in [9.17, 15) is 14.0 Å². The number of carbonyl (C=O) groups excluding carboxylic acids is 1. The fraction of sp³-hybridized carbons (Fsp3) is 0. The van der Waals surface area contributed by atoms with Gasteiger partial charge < -0.3 is 4.74 Å². The fourth-order valence-corrected chi connectivity index (χ4v) is 3.39. The minimum Gasteiger partial charge on any atom is -0.410 e. The van der Waals surface area contributed by atoms with E-state index in [1.54, 1.807) is 48.7 Å². The second kappa shape index (κ2) is 6.97. The van der Waals surface area contributed by atoms with Gasteiger partial charge in [0.15, 0.2) is 0 Å². The standard InChI is InChI=1S/C23H14FN3O3/c24-17-8-5-15-12-27(13-16(15)11-17)23(29)30-18-9-6-14(7-10-18)21-19-3-1-2-4-20(19)22(28)26-25-21/h1-13H,(H,26,28). The summed E-state index contributed by atoms with van der Waals surface area (Å²) in [6.07, 6.45) is 2.50. The number of ether oxygens (including phenoxy) is 1. The molecule has 0 aliphatic heterocycles. The first-order chi connectivity index (χ1) is 14.6. The van der Waals surface area contributed by atoms with Crippen LogP contribution in [0.4, 0.5) is 9.18 Å². The predicted octanol–water partition coefficient (Wildman–Crippen LogP) is 4.73. The third kappa shape index (κ3) is 3.12. The molecule has 0 saturated carbocycles. The molecule has 2 heterocycles. The molecule has 0 saturated heterocycles. The Morgan fingerprint density at radius 3 is 2.47 bits per heavy atom. The number of fused-ring (bicyclic) bond motifs is 2. The van der Waals surface area contributed by atoms with Gasteiger partial charge in [-0.25, -0.2) is 14.3 Å². The molecule has 0 atom stereocenters. The van der Waals surface area contributed by atoms with Gasteiger partial charge in [0.1, 0.15) is 11.6 Å². The van der Waals surface area contributed by atoms with Crippen LogP contribution in [0.2, 0.25) is 0 Å². The lowest BCUT2D eigenvalue weighted by Crippen LogP contribution is -2.14. The van der Waals surface area contributed by atoms with Crippen LogP contribution in [0, 0.1) is 5.82 Å². The highest BCUT2D eigenvalue weighted by Crippen LogP contribution is 2.26. The van der Waals surface area contributed by atoms with E-state index in [1.165, 1.54) is 22.9 Å². The number of H-pyrrole nitrogens is 1. The molecular weight excluding hydrogens is 385 g/mol. The highest BCUT2D eigenvalue weighted by atomic mass is 19.1. The average Bonchev–Trinajstić information content (AvgIpc) is 3.18. The predicted molar refractivity (Wildman–Crippen MR) is 111 cm³/mol. The number of nitrogens with zero attached hydrogens (tertiary/aromatic N) is 2. The van der Waals surface area contributed by atoms with Crippen LogP contribution in [0.3, 0.4) is 0 Å². The minimum absolute atomic E-state index is 0.251. The van der Waals surface area contributed by atoms with Crippen molar-refractivity contribution in [2.75, 3.05) is 0 Å². The molecule has 0 amide bonds. The number of aromatic nitrogens is 3. The summed E-state index contributed by atoms with van der Waals surface area (Å²) in [5.74, 6) is -0.0194. The maximum absolute atomic E-state index is 13.3. The molecule has 0 aliphatic carbocycles. The second-order valence-corrected chi connectivity index (χ2v) is 6.78. The molecule has 1 N–H and O–H groups in total. The van der Waals surface area contributed by atoms with Gasteiger partial charge in [0, 0.05) is 34.1 Å². The van der Waals surface area contributed by atoms with Crippen LogP contribution in [0.25, 0.3) is 32.8 Å². The number of halogens is 1. The van der Waals surface area contributed by atoms with Gasteiger partial charge in [-0.1, -0.05) is 18.2 Å². The van der Waals surface area contributed by atoms with Crippen molar-refractivity contribution in [3.05, 3.63) is 95.3 Å². The van der Waals surface area contributed by atoms with E-state index < -0.39 is 6.09 Å². The van der Waals surface area contributed by atoms with Gasteiger partial charge in [-0.15, -0.1) is 0 Å². The summed E-state index contributed by atoms with van der Waals surface area (Å²) in [7, 11) is 0. The van der Waals surface area contributed by atoms with E-state index in [0.717, 1.165) is 16.3 Å². The summed E-state index contributed by atoms with van der Waals surface area (Å²) < 4.78 is 20.0. The summed E-state index contributed by atoms with van der Waals surface area (Å²) in [4.78, 5) is 24.4. The number of hydrogen-bond acceptors (Lipinski definition) is 4. The van der Waals surface area contributed by atoms with E-state index in [2.05, 4.69) is 10.2 Å². The number of hydrogen-bond donors (Lipinski definition) is 1. The molecule has 0 radical (unpaired) electrons. The molecule has 3 aromatic carbocycles. The lowest BCUT2D eigenvalue weighted by atomic mass is 10.1. The van der Waals surface area contributed by atoms with Crippen LogP contribution in [0.1, 0.15) is 0 Å². The van der Waals surface area contributed by atoms with Gasteiger partial charge >= 0.3 is 6.09 Å². The smallest absolute Gasteiger partial charge is 0.410 e. The van der Waals surface area contributed by atoms with Crippen molar-refractivity contribution in [1.29, 1.82) is 0 Å². The van der Waals surface area contributed by atoms with Crippen molar-refractivity contribution in [1.82, 2.24) is 14.8 Å². The Hall–Kier alpha value is -4.26. The van der Waals surface area contributed by atoms with E-state index in [4.69, 9.17) is 4.74 Å². The van der Waals surface area contributed by atoms with Crippen molar-refractivity contribution in [2.45, 2.75) is 0 Å². The van der Waals surface area contributed by atoms with Crippen molar-refractivity contribution >= 4 is 27.6 Å². The Kier molecular flexibility index (Phi) is 4.14. The van der Waals surface area contributed by atoms with Crippen LogP contribution in [0.15, 0.2) is 83.9 Å². The van der Waals surface area contributed by atoms with Crippen LogP contribution < -0.4 is 10.3 Å². The van der Waals surface area contributed by atoms with Gasteiger partial charge in [-0.3, -0.25) is 9.36 Å². The van der Waals surface area contributed by atoms with Gasteiger partial charge in [-0.05, 0) is 48.5 Å². The van der Waals surface area contributed by atoms with Crippen molar-refractivity contribution < 1.29 is 13.9 Å². The maximum Gasteiger partial charge on any atom is 0.423 e. The summed E-state index contributed by atoms with van der Waals surface area (Å²) in [6, 6.07) is 18.3. The quantitative estimate of drug-likeness (QED) is 0.466. The monoisotopic (exact) mass is 399 g/mol. The highest BCUT2D eigenvalue weighted by Gasteiger charge is 2.12. The average molecular weight is 399 g/mol. The number of benzene rings is 3. The Morgan fingerprint density at radius 1 is 0.933 bits per heavy atom. The Morgan fingerprint density at radius 2 is 1.67 bits per heavy atom. The third-order valence-corrected chi connectivity index (χ3v) is 4.84. The second-order valence-electron chi connectivity index (χ2n) is 6.78. The topological polar surface area (TPSA) is 77.0 Å². The summed E-state index contributed by atoms with van der Waals surface area (Å²) in [5, 5.41) is 9.30. The molecule has 2 aromatic heterocycles. The van der Waals surface area contributed by atoms with E-state index in [0.29, 0.717) is 22.2 Å². The molecule has 0 bridgehead atoms. The summed E-state index contributed by atoms with van der Waals surface area (Å²) >= 11 is 0. The van der Waals surface area contributed by atoms with E-state index in [-0.39, 0.29) is 11.4 Å². The normalized spacial score (nSPS) is 11.1. The molecule has 6 nitrogen and oxygen atoms in total. The van der Waals surface area contributed by atoms with Crippen LogP contribution in [-0.4, -0.2) is 20.9 Å². The SMILES string of the molecule is O=C(Oc1ccc(-c2n[nH]c(=O)c3ccccc23)cc1)n1cc2ccc(F)cc2c1. The molecule has 146 valence electrons. The zero-order valence-electron chi connectivity index (χ0n) is 15.5. The highest BCUT2D eigenvalue weighted by molar-refractivity contribution is 5.93. The molecule has 0 unspecified atom stereocenters. The van der Waals surface area contributed by atoms with E-state index >= 15 is 0 Å². The first kappa shape index (κ1) is 17.8. The van der Waals surface area contributed by atoms with Crippen LogP contribution in [0.5, 0.6) is 5.75 Å². The minimum atomic E-state index is -0.605. The van der Waals surface area contributed by atoms with E-state index in [1.807, 2.05) is 12.1 Å². The van der Waals surface area contributed by atoms with Gasteiger partial charge in [0.05, 0.1) is 11.1 Å². The molecule has 0 spiro atoms. The lowest BCUT2D eigenvalue weighted by molar-refractivity contribution is 0.202. The van der Waals surface area contributed by atoms with Crippen LogP contribution >= 0.6 is 0 Å². The number of carbonyl (C=O) groups is 1. The maximum atomic E-state index is 13.3. The first-order valence-electron chi connectivity index (χ1n) is 9.16. The summed E-state index contributed by atoms with van der Waals surface area (Å²) in [6.45, 7) is 0. The number of nitrogens with one attached hydrogen (secondary N) is 1. The van der Waals surface area contributed by atoms with Crippen molar-refractivity contribution in [3.63, 3.8) is 0 Å². The van der Waals surface area contributed by atoms with Crippen molar-refractivity contribution in [3.8, 4) is 17.0 Å².